The van der Waals surface area contributed by atoms with E-state index in [1.54, 1.807) is 27.6 Å². The van der Waals surface area contributed by atoms with Crippen molar-refractivity contribution in [2.24, 2.45) is 0 Å². The van der Waals surface area contributed by atoms with Crippen LogP contribution in [0.1, 0.15) is 39.3 Å². The van der Waals surface area contributed by atoms with Crippen molar-refractivity contribution >= 4 is 37.1 Å². The minimum atomic E-state index is -0.993. The van der Waals surface area contributed by atoms with Gasteiger partial charge >= 0.3 is 77.4 Å². The molecule has 3 aromatic rings. The van der Waals surface area contributed by atoms with E-state index < -0.39 is 49.8 Å². The second-order valence-corrected chi connectivity index (χ2v) is 12.5. The van der Waals surface area contributed by atoms with Gasteiger partial charge in [-0.2, -0.15) is 0 Å². The second kappa shape index (κ2) is 18.2. The van der Waals surface area contributed by atoms with Crippen molar-refractivity contribution in [3.63, 3.8) is 0 Å². The molecular weight excluding hydrogens is 633 g/mol. The number of hydrogen-bond acceptors (Lipinski definition) is 11. The Hall–Kier alpha value is -1.95. The molecule has 248 valence electrons. The van der Waals surface area contributed by atoms with Crippen molar-refractivity contribution in [3.8, 4) is 17.0 Å². The van der Waals surface area contributed by atoms with E-state index in [1.165, 1.54) is 16.4 Å². The van der Waals surface area contributed by atoms with Gasteiger partial charge in [-0.15, -0.1) is 5.60 Å². The first-order chi connectivity index (χ1) is 21.4. The van der Waals surface area contributed by atoms with Crippen LogP contribution in [0.2, 0.25) is 13.6 Å². The summed E-state index contributed by atoms with van der Waals surface area (Å²) in [5, 5.41) is 57.3. The van der Waals surface area contributed by atoms with E-state index in [0.29, 0.717) is 24.4 Å². The van der Waals surface area contributed by atoms with Crippen molar-refractivity contribution in [1.82, 2.24) is 19.6 Å². The number of rotatable bonds is 7. The first kappa shape index (κ1) is 41.2. The van der Waals surface area contributed by atoms with E-state index in [4.69, 9.17) is 25.0 Å². The third-order valence-electron chi connectivity index (χ3n) is 7.29. The van der Waals surface area contributed by atoms with Gasteiger partial charge in [0.2, 0.25) is 0 Å². The van der Waals surface area contributed by atoms with Gasteiger partial charge < -0.3 is 44.8 Å². The average Bonchev–Trinajstić information content (AvgIpc) is 3.57. The minimum Gasteiger partial charge on any atom is -0.850 e. The van der Waals surface area contributed by atoms with Crippen molar-refractivity contribution in [2.45, 2.75) is 84.1 Å². The largest absolute Gasteiger partial charge is 1.00 e. The van der Waals surface area contributed by atoms with Gasteiger partial charge in [0.1, 0.15) is 23.9 Å². The van der Waals surface area contributed by atoms with E-state index in [-0.39, 0.29) is 70.5 Å². The maximum atomic E-state index is 11.6. The molecule has 5 N–H and O–H groups in total. The molecular formula is C31H43B2KN4O9. The number of carboxylic acid groups (broad SMARTS) is 2. The third-order valence-corrected chi connectivity index (χ3v) is 7.29. The predicted molar refractivity (Wildman–Crippen MR) is 173 cm³/mol. The van der Waals surface area contributed by atoms with Crippen LogP contribution in [0, 0.1) is 6.92 Å². The molecule has 47 heavy (non-hydrogen) atoms. The Bertz CT molecular complexity index is 1470. The molecule has 2 aliphatic heterocycles. The van der Waals surface area contributed by atoms with Crippen LogP contribution in [0.3, 0.4) is 0 Å². The predicted octanol–water partition coefficient (Wildman–Crippen LogP) is -1.61. The number of aliphatic carboxylic acids is 2. The van der Waals surface area contributed by atoms with Crippen LogP contribution in [0.25, 0.3) is 22.3 Å². The molecule has 16 heteroatoms. The summed E-state index contributed by atoms with van der Waals surface area (Å²) in [5.74, 6) is -1.34. The zero-order valence-electron chi connectivity index (χ0n) is 28.1. The van der Waals surface area contributed by atoms with Gasteiger partial charge in [-0.3, -0.25) is 9.59 Å². The average molecular weight is 676 g/mol. The van der Waals surface area contributed by atoms with Gasteiger partial charge in [-0.25, -0.2) is 9.97 Å². The molecule has 0 bridgehead atoms. The Kier molecular flexibility index (Phi) is 15.9. The number of aryl methyl sites for hydroxylation is 1. The summed E-state index contributed by atoms with van der Waals surface area (Å²) in [6.07, 6.45) is -0.508. The Morgan fingerprint density at radius 3 is 1.94 bits per heavy atom. The number of carbonyl (C=O) groups is 2. The summed E-state index contributed by atoms with van der Waals surface area (Å²) >= 11 is 0. The van der Waals surface area contributed by atoms with Crippen LogP contribution >= 0.6 is 0 Å². The number of ether oxygens (including phenoxy) is 1. The number of benzene rings is 1. The zero-order valence-corrected chi connectivity index (χ0v) is 31.2. The second-order valence-electron chi connectivity index (χ2n) is 12.5. The molecule has 2 aliphatic rings. The summed E-state index contributed by atoms with van der Waals surface area (Å²) in [5.41, 5.74) is 2.38. The standard InChI is InChI=1S/C21H22BN3O4.C6H12BNO4.C4H9O.K/c1-13-8-9-16-19(29-15-10-18(21(26)27)25(12-15)22(2)28)11-17(24-20(16)23-13)14-6-4-3-5-7-14;1-7(12)8-3-4(9)2-5(8)6(10)11;1-4(2,3)5;/h3-9,11,15,18,28H,10,12H2,1-2H3,(H,26,27);4-5,9,12H,2-3H2,1H3,(H,10,11);1-3H3;/q;;-1;+1/t15-,18+;4-,5+;;/m11../s1. The van der Waals surface area contributed by atoms with E-state index in [1.807, 2.05) is 55.5 Å². The molecule has 0 radical (unpaired) electrons. The van der Waals surface area contributed by atoms with Crippen molar-refractivity contribution in [2.75, 3.05) is 13.1 Å². The van der Waals surface area contributed by atoms with Crippen molar-refractivity contribution in [1.29, 1.82) is 0 Å². The zero-order chi connectivity index (χ0) is 34.3. The number of carboxylic acids is 2. The van der Waals surface area contributed by atoms with Crippen LogP contribution in [0.4, 0.5) is 0 Å². The molecule has 2 aromatic heterocycles. The first-order valence-electron chi connectivity index (χ1n) is 15.2. The van der Waals surface area contributed by atoms with Gasteiger partial charge in [0.15, 0.2) is 5.65 Å². The van der Waals surface area contributed by atoms with Gasteiger partial charge in [0.05, 0.1) is 17.2 Å². The molecule has 0 saturated carbocycles. The fourth-order valence-corrected chi connectivity index (χ4v) is 5.26. The Balaban J connectivity index is 0.000000355. The molecule has 13 nitrogen and oxygen atoms in total. The van der Waals surface area contributed by atoms with E-state index in [0.717, 1.165) is 22.3 Å². The first-order valence-corrected chi connectivity index (χ1v) is 15.2. The summed E-state index contributed by atoms with van der Waals surface area (Å²) in [7, 11) is -1.67. The molecule has 0 aliphatic carbocycles. The van der Waals surface area contributed by atoms with Gasteiger partial charge in [-0.1, -0.05) is 51.1 Å². The summed E-state index contributed by atoms with van der Waals surface area (Å²) in [6, 6.07) is 13.9. The quantitative estimate of drug-likeness (QED) is 0.179. The van der Waals surface area contributed by atoms with Crippen molar-refractivity contribution in [3.05, 3.63) is 54.2 Å². The van der Waals surface area contributed by atoms with E-state index in [2.05, 4.69) is 4.98 Å². The Labute approximate surface area is 318 Å². The Morgan fingerprint density at radius 1 is 0.915 bits per heavy atom. The number of pyridine rings is 2. The maximum absolute atomic E-state index is 11.6. The number of aliphatic hydroxyl groups is 1. The SMILES string of the molecule is CB(O)N1C[C@H](O)C[C@H]1C(=O)O.CB(O)N1C[C@H](Oc2cc(-c3ccccc3)nc3nc(C)ccc23)C[C@H]1C(=O)O.CC(C)(C)[O-].[K+]. The molecule has 4 heterocycles. The fraction of sp³-hybridized carbons (Fsp3) is 0.484. The molecule has 0 spiro atoms. The van der Waals surface area contributed by atoms with Crippen LogP contribution in [-0.4, -0.2) is 114 Å². The molecule has 2 fully saturated rings. The number of hydrogen-bond donors (Lipinski definition) is 5. The number of nitrogens with zero attached hydrogens (tertiary/aromatic N) is 4. The smallest absolute Gasteiger partial charge is 0.850 e. The summed E-state index contributed by atoms with van der Waals surface area (Å²) < 4.78 is 6.26. The molecule has 2 saturated heterocycles. The molecule has 4 atom stereocenters. The molecule has 5 rings (SSSR count). The molecule has 0 amide bonds. The van der Waals surface area contributed by atoms with Gasteiger partial charge in [0, 0.05) is 36.8 Å². The number of fused-ring (bicyclic) bond motifs is 1. The summed E-state index contributed by atoms with van der Waals surface area (Å²) in [4.78, 5) is 34.3. The monoisotopic (exact) mass is 676 g/mol. The number of aliphatic hydroxyl groups excluding tert-OH is 1. The molecule has 1 aromatic carbocycles. The maximum Gasteiger partial charge on any atom is 1.00 e. The summed E-state index contributed by atoms with van der Waals surface area (Å²) in [6.45, 7) is 10.4. The van der Waals surface area contributed by atoms with Gasteiger partial charge in [-0.05, 0) is 39.1 Å². The van der Waals surface area contributed by atoms with Crippen LogP contribution in [0.15, 0.2) is 48.5 Å². The third kappa shape index (κ3) is 12.5. The van der Waals surface area contributed by atoms with Crippen LogP contribution in [0.5, 0.6) is 5.75 Å². The normalized spacial score (nSPS) is 21.1. The van der Waals surface area contributed by atoms with E-state index >= 15 is 0 Å². The fourth-order valence-electron chi connectivity index (χ4n) is 5.26. The van der Waals surface area contributed by atoms with Crippen LogP contribution in [-0.2, 0) is 9.59 Å². The van der Waals surface area contributed by atoms with Crippen molar-refractivity contribution < 1.29 is 96.2 Å². The van der Waals surface area contributed by atoms with E-state index in [9.17, 15) is 24.8 Å². The van der Waals surface area contributed by atoms with Gasteiger partial charge in [0.25, 0.3) is 0 Å². The minimum absolute atomic E-state index is 0. The topological polar surface area (TPSA) is 200 Å². The molecule has 0 unspecified atom stereocenters. The van der Waals surface area contributed by atoms with Crippen LogP contribution < -0.4 is 61.2 Å². The number of aromatic nitrogens is 2. The number of β-amino-alcohol motifs (C(OH)–C–C–N with tert-alkyl or cyclic N) is 1. The Morgan fingerprint density at radius 2 is 1.45 bits per heavy atom.